The number of oxazole rings is 1. The van der Waals surface area contributed by atoms with Gasteiger partial charge < -0.3 is 9.32 Å². The summed E-state index contributed by atoms with van der Waals surface area (Å²) in [7, 11) is 1.81. The maximum absolute atomic E-state index is 12.4. The fourth-order valence-electron chi connectivity index (χ4n) is 2.48. The van der Waals surface area contributed by atoms with Crippen LogP contribution < -0.4 is 0 Å². The van der Waals surface area contributed by atoms with Crippen molar-refractivity contribution in [3.8, 4) is 11.5 Å². The third-order valence-corrected chi connectivity index (χ3v) is 4.65. The van der Waals surface area contributed by atoms with E-state index in [0.717, 1.165) is 11.1 Å². The number of carbonyl (C=O) groups excluding carboxylic acids is 1. The van der Waals surface area contributed by atoms with Gasteiger partial charge in [0.05, 0.1) is 12.1 Å². The van der Waals surface area contributed by atoms with E-state index in [1.54, 1.807) is 22.9 Å². The molecule has 0 bridgehead atoms. The topological polar surface area (TPSA) is 46.3 Å². The van der Waals surface area contributed by atoms with Crippen LogP contribution in [-0.2, 0) is 17.8 Å². The number of carbonyl (C=O) groups is 1. The first-order valence-corrected chi connectivity index (χ1v) is 9.25. The number of amides is 1. The molecule has 0 aliphatic heterocycles. The van der Waals surface area contributed by atoms with Gasteiger partial charge in [-0.25, -0.2) is 4.98 Å². The van der Waals surface area contributed by atoms with Crippen molar-refractivity contribution in [3.05, 3.63) is 72.1 Å². The quantitative estimate of drug-likeness (QED) is 0.622. The third kappa shape index (κ3) is 4.51. The van der Waals surface area contributed by atoms with E-state index in [1.807, 2.05) is 43.6 Å². The minimum absolute atomic E-state index is 0.0156. The maximum atomic E-state index is 12.4. The van der Waals surface area contributed by atoms with Crippen molar-refractivity contribution in [2.45, 2.75) is 17.9 Å². The molecule has 25 heavy (non-hydrogen) atoms. The van der Waals surface area contributed by atoms with Crippen LogP contribution in [0.4, 0.5) is 0 Å². The van der Waals surface area contributed by atoms with Crippen molar-refractivity contribution in [2.24, 2.45) is 0 Å². The van der Waals surface area contributed by atoms with E-state index >= 15 is 0 Å². The number of hydrogen-bond donors (Lipinski definition) is 0. The van der Waals surface area contributed by atoms with Crippen LogP contribution in [0.15, 0.2) is 70.2 Å². The van der Waals surface area contributed by atoms with E-state index < -0.39 is 0 Å². The van der Waals surface area contributed by atoms with Crippen LogP contribution >= 0.6 is 11.8 Å². The number of rotatable bonds is 6. The summed E-state index contributed by atoms with van der Waals surface area (Å²) in [6.07, 6.45) is 3.84. The van der Waals surface area contributed by atoms with Crippen LogP contribution in [0.5, 0.6) is 0 Å². The van der Waals surface area contributed by atoms with Crippen LogP contribution in [0.25, 0.3) is 11.5 Å². The molecule has 0 aliphatic rings. The number of thioether (sulfide) groups is 1. The Bertz CT molecular complexity index is 828. The standard InChI is InChI=1S/C20H20N2O2S/c1-22(13-15-8-10-18(25-2)11-9-15)19(23)12-17-14-24-20(21-17)16-6-4-3-5-7-16/h3-11,14H,12-13H2,1-2H3. The highest BCUT2D eigenvalue weighted by molar-refractivity contribution is 7.98. The summed E-state index contributed by atoms with van der Waals surface area (Å²) in [5, 5.41) is 0. The molecule has 0 atom stereocenters. The minimum Gasteiger partial charge on any atom is -0.444 e. The first kappa shape index (κ1) is 17.3. The summed E-state index contributed by atoms with van der Waals surface area (Å²) in [4.78, 5) is 19.8. The van der Waals surface area contributed by atoms with E-state index in [1.165, 1.54) is 4.90 Å². The fourth-order valence-corrected chi connectivity index (χ4v) is 2.89. The van der Waals surface area contributed by atoms with Crippen LogP contribution in [0.2, 0.25) is 0 Å². The van der Waals surface area contributed by atoms with Crippen molar-refractivity contribution in [2.75, 3.05) is 13.3 Å². The largest absolute Gasteiger partial charge is 0.444 e. The fraction of sp³-hybridized carbons (Fsp3) is 0.200. The Balaban J connectivity index is 1.60. The van der Waals surface area contributed by atoms with Gasteiger partial charge in [0.15, 0.2) is 0 Å². The average molecular weight is 352 g/mol. The zero-order valence-electron chi connectivity index (χ0n) is 14.3. The van der Waals surface area contributed by atoms with Crippen LogP contribution in [0.1, 0.15) is 11.3 Å². The number of nitrogens with zero attached hydrogens (tertiary/aromatic N) is 2. The second-order valence-electron chi connectivity index (χ2n) is 5.78. The third-order valence-electron chi connectivity index (χ3n) is 3.91. The minimum atomic E-state index is 0.0156. The molecular weight excluding hydrogens is 332 g/mol. The lowest BCUT2D eigenvalue weighted by Gasteiger charge is -2.16. The average Bonchev–Trinajstić information content (AvgIpc) is 3.11. The Hall–Kier alpha value is -2.53. The van der Waals surface area contributed by atoms with Gasteiger partial charge in [-0.05, 0) is 36.1 Å². The lowest BCUT2D eigenvalue weighted by atomic mass is 10.2. The molecule has 4 nitrogen and oxygen atoms in total. The van der Waals surface area contributed by atoms with Crippen molar-refractivity contribution >= 4 is 17.7 Å². The molecule has 0 saturated carbocycles. The zero-order chi connectivity index (χ0) is 17.6. The van der Waals surface area contributed by atoms with E-state index in [4.69, 9.17) is 4.42 Å². The predicted molar refractivity (Wildman–Crippen MR) is 100 cm³/mol. The van der Waals surface area contributed by atoms with Crippen LogP contribution in [0.3, 0.4) is 0 Å². The lowest BCUT2D eigenvalue weighted by Crippen LogP contribution is -2.27. The van der Waals surface area contributed by atoms with Gasteiger partial charge in [-0.2, -0.15) is 0 Å². The Labute approximate surface area is 151 Å². The van der Waals surface area contributed by atoms with Gasteiger partial charge in [-0.3, -0.25) is 4.79 Å². The summed E-state index contributed by atoms with van der Waals surface area (Å²) in [6, 6.07) is 17.9. The van der Waals surface area contributed by atoms with Crippen LogP contribution in [0, 0.1) is 0 Å². The highest BCUT2D eigenvalue weighted by atomic mass is 32.2. The Morgan fingerprint density at radius 1 is 1.12 bits per heavy atom. The van der Waals surface area contributed by atoms with E-state index in [-0.39, 0.29) is 12.3 Å². The SMILES string of the molecule is CSc1ccc(CN(C)C(=O)Cc2coc(-c3ccccc3)n2)cc1. The molecule has 0 fully saturated rings. The van der Waals surface area contributed by atoms with E-state index in [0.29, 0.717) is 18.1 Å². The van der Waals surface area contributed by atoms with Crippen molar-refractivity contribution in [3.63, 3.8) is 0 Å². The summed E-state index contributed by atoms with van der Waals surface area (Å²) in [5.74, 6) is 0.556. The molecule has 0 unspecified atom stereocenters. The molecule has 3 aromatic rings. The maximum Gasteiger partial charge on any atom is 0.228 e. The van der Waals surface area contributed by atoms with E-state index in [9.17, 15) is 4.79 Å². The molecule has 1 aromatic heterocycles. The summed E-state index contributed by atoms with van der Waals surface area (Å²) in [6.45, 7) is 0.580. The van der Waals surface area contributed by atoms with Gasteiger partial charge in [0.25, 0.3) is 0 Å². The predicted octanol–water partition coefficient (Wildman–Crippen LogP) is 4.26. The highest BCUT2D eigenvalue weighted by Gasteiger charge is 2.14. The van der Waals surface area contributed by atoms with Gasteiger partial charge in [-0.1, -0.05) is 30.3 Å². The number of aromatic nitrogens is 1. The van der Waals surface area contributed by atoms with Gasteiger partial charge in [0.1, 0.15) is 6.26 Å². The monoisotopic (exact) mass is 352 g/mol. The highest BCUT2D eigenvalue weighted by Crippen LogP contribution is 2.19. The van der Waals surface area contributed by atoms with E-state index in [2.05, 4.69) is 29.2 Å². The molecule has 5 heteroatoms. The molecule has 2 aromatic carbocycles. The van der Waals surface area contributed by atoms with Gasteiger partial charge >= 0.3 is 0 Å². The molecule has 3 rings (SSSR count). The number of likely N-dealkylation sites (N-methyl/N-ethyl adjacent to an activating group) is 1. The molecular formula is C20H20N2O2S. The molecule has 1 heterocycles. The Morgan fingerprint density at radius 3 is 2.52 bits per heavy atom. The van der Waals surface area contributed by atoms with Crippen LogP contribution in [-0.4, -0.2) is 29.1 Å². The Morgan fingerprint density at radius 2 is 1.84 bits per heavy atom. The Kier molecular flexibility index (Phi) is 5.56. The molecule has 0 saturated heterocycles. The zero-order valence-corrected chi connectivity index (χ0v) is 15.1. The molecule has 1 amide bonds. The molecule has 0 aliphatic carbocycles. The van der Waals surface area contributed by atoms with Crippen molar-refractivity contribution in [1.82, 2.24) is 9.88 Å². The molecule has 0 N–H and O–H groups in total. The molecule has 128 valence electrons. The van der Waals surface area contributed by atoms with Gasteiger partial charge in [0, 0.05) is 24.1 Å². The summed E-state index contributed by atoms with van der Waals surface area (Å²) >= 11 is 1.71. The van der Waals surface area contributed by atoms with Crippen molar-refractivity contribution < 1.29 is 9.21 Å². The van der Waals surface area contributed by atoms with Crippen molar-refractivity contribution in [1.29, 1.82) is 0 Å². The summed E-state index contributed by atoms with van der Waals surface area (Å²) in [5.41, 5.74) is 2.66. The number of hydrogen-bond acceptors (Lipinski definition) is 4. The lowest BCUT2D eigenvalue weighted by molar-refractivity contribution is -0.129. The van der Waals surface area contributed by atoms with Gasteiger partial charge in [0.2, 0.25) is 11.8 Å². The molecule has 0 spiro atoms. The first-order chi connectivity index (χ1) is 12.2. The summed E-state index contributed by atoms with van der Waals surface area (Å²) < 4.78 is 5.49. The first-order valence-electron chi connectivity index (χ1n) is 8.02. The molecule has 0 radical (unpaired) electrons. The number of benzene rings is 2. The second-order valence-corrected chi connectivity index (χ2v) is 6.66. The smallest absolute Gasteiger partial charge is 0.228 e. The van der Waals surface area contributed by atoms with Gasteiger partial charge in [-0.15, -0.1) is 11.8 Å². The normalized spacial score (nSPS) is 10.6. The second kappa shape index (κ2) is 8.03.